The standard InChI is InChI=1S/C17H30N2O/c1-7-8-9-15(19-12(2)3)10-16-14(5)17(20-6)13(4)11-18-16/h11-12,15,19H,7-10H2,1-6H3. The molecule has 0 aliphatic carbocycles. The van der Waals surface area contributed by atoms with Gasteiger partial charge in [0.05, 0.1) is 7.11 Å². The van der Waals surface area contributed by atoms with Gasteiger partial charge in [-0.15, -0.1) is 0 Å². The summed E-state index contributed by atoms with van der Waals surface area (Å²) in [7, 11) is 1.74. The van der Waals surface area contributed by atoms with Crippen molar-refractivity contribution in [3.8, 4) is 5.75 Å². The van der Waals surface area contributed by atoms with E-state index in [2.05, 4.69) is 38.0 Å². The zero-order valence-electron chi connectivity index (χ0n) is 13.9. The topological polar surface area (TPSA) is 34.1 Å². The zero-order chi connectivity index (χ0) is 15.1. The molecule has 0 bridgehead atoms. The largest absolute Gasteiger partial charge is 0.496 e. The fraction of sp³-hybridized carbons (Fsp3) is 0.706. The minimum atomic E-state index is 0.494. The highest BCUT2D eigenvalue weighted by Crippen LogP contribution is 2.25. The molecule has 1 heterocycles. The number of hydrogen-bond donors (Lipinski definition) is 1. The van der Waals surface area contributed by atoms with Crippen LogP contribution >= 0.6 is 0 Å². The number of aromatic nitrogens is 1. The molecule has 0 aromatic carbocycles. The zero-order valence-corrected chi connectivity index (χ0v) is 13.9. The van der Waals surface area contributed by atoms with E-state index in [1.807, 2.05) is 13.1 Å². The maximum atomic E-state index is 5.50. The molecular formula is C17H30N2O. The molecule has 3 heteroatoms. The van der Waals surface area contributed by atoms with Crippen LogP contribution < -0.4 is 10.1 Å². The number of unbranched alkanes of at least 4 members (excludes halogenated alkanes) is 1. The van der Waals surface area contributed by atoms with Crippen molar-refractivity contribution in [3.63, 3.8) is 0 Å². The van der Waals surface area contributed by atoms with E-state index in [1.165, 1.54) is 24.8 Å². The quantitative estimate of drug-likeness (QED) is 0.785. The summed E-state index contributed by atoms with van der Waals surface area (Å²) < 4.78 is 5.50. The first-order valence-corrected chi connectivity index (χ1v) is 7.74. The highest BCUT2D eigenvalue weighted by molar-refractivity contribution is 5.41. The number of hydrogen-bond acceptors (Lipinski definition) is 3. The molecule has 0 radical (unpaired) electrons. The van der Waals surface area contributed by atoms with E-state index in [9.17, 15) is 0 Å². The van der Waals surface area contributed by atoms with Crippen molar-refractivity contribution < 1.29 is 4.74 Å². The summed E-state index contributed by atoms with van der Waals surface area (Å²) >= 11 is 0. The van der Waals surface area contributed by atoms with Gasteiger partial charge in [0.2, 0.25) is 0 Å². The fourth-order valence-electron chi connectivity index (χ4n) is 2.68. The van der Waals surface area contributed by atoms with Crippen LogP contribution in [0, 0.1) is 13.8 Å². The molecule has 1 rings (SSSR count). The van der Waals surface area contributed by atoms with E-state index in [1.54, 1.807) is 7.11 Å². The molecule has 0 aliphatic heterocycles. The highest BCUT2D eigenvalue weighted by Gasteiger charge is 2.15. The first-order valence-electron chi connectivity index (χ1n) is 7.74. The van der Waals surface area contributed by atoms with Crippen LogP contribution in [0.5, 0.6) is 5.75 Å². The lowest BCUT2D eigenvalue weighted by Crippen LogP contribution is -2.36. The van der Waals surface area contributed by atoms with Gasteiger partial charge in [0.1, 0.15) is 5.75 Å². The Balaban J connectivity index is 2.87. The van der Waals surface area contributed by atoms with E-state index >= 15 is 0 Å². The lowest BCUT2D eigenvalue weighted by atomic mass is 10.00. The number of methoxy groups -OCH3 is 1. The Morgan fingerprint density at radius 3 is 2.55 bits per heavy atom. The monoisotopic (exact) mass is 278 g/mol. The normalized spacial score (nSPS) is 12.8. The van der Waals surface area contributed by atoms with Crippen LogP contribution in [0.15, 0.2) is 6.20 Å². The molecule has 1 aromatic rings. The molecule has 0 saturated heterocycles. The van der Waals surface area contributed by atoms with Gasteiger partial charge in [-0.1, -0.05) is 33.6 Å². The number of rotatable bonds is 8. The van der Waals surface area contributed by atoms with Crippen molar-refractivity contribution in [2.24, 2.45) is 0 Å². The van der Waals surface area contributed by atoms with Crippen molar-refractivity contribution in [2.45, 2.75) is 72.4 Å². The molecule has 0 saturated carbocycles. The van der Waals surface area contributed by atoms with Gasteiger partial charge in [0.25, 0.3) is 0 Å². The molecule has 20 heavy (non-hydrogen) atoms. The van der Waals surface area contributed by atoms with Gasteiger partial charge in [0.15, 0.2) is 0 Å². The van der Waals surface area contributed by atoms with Gasteiger partial charge in [-0.25, -0.2) is 0 Å². The summed E-state index contributed by atoms with van der Waals surface area (Å²) in [5.41, 5.74) is 3.44. The van der Waals surface area contributed by atoms with E-state index < -0.39 is 0 Å². The van der Waals surface area contributed by atoms with Crippen molar-refractivity contribution in [2.75, 3.05) is 7.11 Å². The third kappa shape index (κ3) is 4.78. The molecule has 114 valence electrons. The number of aryl methyl sites for hydroxylation is 1. The van der Waals surface area contributed by atoms with Crippen molar-refractivity contribution >= 4 is 0 Å². The van der Waals surface area contributed by atoms with E-state index in [4.69, 9.17) is 4.74 Å². The maximum Gasteiger partial charge on any atom is 0.128 e. The first kappa shape index (κ1) is 17.0. The molecule has 3 nitrogen and oxygen atoms in total. The van der Waals surface area contributed by atoms with Gasteiger partial charge in [-0.05, 0) is 20.3 Å². The Morgan fingerprint density at radius 2 is 2.00 bits per heavy atom. The number of ether oxygens (including phenoxy) is 1. The summed E-state index contributed by atoms with van der Waals surface area (Å²) in [5.74, 6) is 0.980. The Bertz CT molecular complexity index is 416. The minimum absolute atomic E-state index is 0.494. The molecule has 1 atom stereocenters. The second-order valence-electron chi connectivity index (χ2n) is 5.91. The van der Waals surface area contributed by atoms with Gasteiger partial charge in [-0.3, -0.25) is 4.98 Å². The maximum absolute atomic E-state index is 5.50. The van der Waals surface area contributed by atoms with Crippen LogP contribution in [0.4, 0.5) is 0 Å². The van der Waals surface area contributed by atoms with Crippen LogP contribution in [0.3, 0.4) is 0 Å². The Morgan fingerprint density at radius 1 is 1.30 bits per heavy atom. The molecule has 0 spiro atoms. The number of nitrogens with one attached hydrogen (secondary N) is 1. The molecule has 1 N–H and O–H groups in total. The summed E-state index contributed by atoms with van der Waals surface area (Å²) in [6, 6.07) is 0.998. The summed E-state index contributed by atoms with van der Waals surface area (Å²) in [6.07, 6.45) is 6.59. The van der Waals surface area contributed by atoms with Gasteiger partial charge >= 0.3 is 0 Å². The lowest BCUT2D eigenvalue weighted by Gasteiger charge is -2.22. The van der Waals surface area contributed by atoms with Crippen molar-refractivity contribution in [1.29, 1.82) is 0 Å². The summed E-state index contributed by atoms with van der Waals surface area (Å²) in [5, 5.41) is 3.66. The molecule has 1 unspecified atom stereocenters. The molecule has 0 aliphatic rings. The van der Waals surface area contributed by atoms with E-state index in [0.717, 1.165) is 23.4 Å². The predicted octanol–water partition coefficient (Wildman–Crippen LogP) is 3.81. The van der Waals surface area contributed by atoms with Crippen molar-refractivity contribution in [3.05, 3.63) is 23.0 Å². The highest BCUT2D eigenvalue weighted by atomic mass is 16.5. The summed E-state index contributed by atoms with van der Waals surface area (Å²) in [4.78, 5) is 4.62. The van der Waals surface area contributed by atoms with E-state index in [0.29, 0.717) is 12.1 Å². The molecule has 0 amide bonds. The minimum Gasteiger partial charge on any atom is -0.496 e. The second kappa shape index (κ2) is 8.25. The number of nitrogens with zero attached hydrogens (tertiary/aromatic N) is 1. The Kier molecular flexibility index (Phi) is 7.00. The second-order valence-corrected chi connectivity index (χ2v) is 5.91. The van der Waals surface area contributed by atoms with Crippen LogP contribution in [0.25, 0.3) is 0 Å². The Hall–Kier alpha value is -1.09. The van der Waals surface area contributed by atoms with Crippen LogP contribution in [0.1, 0.15) is 56.9 Å². The average molecular weight is 278 g/mol. The average Bonchev–Trinajstić information content (AvgIpc) is 2.39. The van der Waals surface area contributed by atoms with Gasteiger partial charge in [0, 0.05) is 41.5 Å². The first-order chi connectivity index (χ1) is 9.49. The van der Waals surface area contributed by atoms with Crippen LogP contribution in [-0.4, -0.2) is 24.2 Å². The van der Waals surface area contributed by atoms with Crippen LogP contribution in [0.2, 0.25) is 0 Å². The smallest absolute Gasteiger partial charge is 0.128 e. The van der Waals surface area contributed by atoms with Crippen LogP contribution in [-0.2, 0) is 6.42 Å². The predicted molar refractivity (Wildman–Crippen MR) is 85.6 cm³/mol. The summed E-state index contributed by atoms with van der Waals surface area (Å²) in [6.45, 7) is 10.8. The number of pyridine rings is 1. The molecule has 0 fully saturated rings. The third-order valence-corrected chi connectivity index (χ3v) is 3.66. The van der Waals surface area contributed by atoms with Gasteiger partial charge in [-0.2, -0.15) is 0 Å². The van der Waals surface area contributed by atoms with Crippen molar-refractivity contribution in [1.82, 2.24) is 10.3 Å². The Labute approximate surface area is 124 Å². The lowest BCUT2D eigenvalue weighted by molar-refractivity contribution is 0.401. The molecular weight excluding hydrogens is 248 g/mol. The van der Waals surface area contributed by atoms with Gasteiger partial charge < -0.3 is 10.1 Å². The SMILES string of the molecule is CCCCC(Cc1ncc(C)c(OC)c1C)NC(C)C. The third-order valence-electron chi connectivity index (χ3n) is 3.66. The fourth-order valence-corrected chi connectivity index (χ4v) is 2.68. The molecule has 1 aromatic heterocycles. The van der Waals surface area contributed by atoms with E-state index in [-0.39, 0.29) is 0 Å².